The van der Waals surface area contributed by atoms with Crippen LogP contribution in [0.15, 0.2) is 158 Å². The molecular weight excluding hydrogens is 729 g/mol. The number of hydrogen-bond donors (Lipinski definition) is 1. The monoisotopic (exact) mass is 776 g/mol. The number of carboxylic acid groups (broad SMARTS) is 1. The fourth-order valence-corrected chi connectivity index (χ4v) is 8.33. The summed E-state index contributed by atoms with van der Waals surface area (Å²) >= 11 is 0. The van der Waals surface area contributed by atoms with Gasteiger partial charge in [-0.05, 0) is 154 Å². The molecule has 1 N–H and O–H groups in total. The van der Waals surface area contributed by atoms with Crippen molar-refractivity contribution in [1.29, 1.82) is 0 Å². The minimum Gasteiger partial charge on any atom is -0.478 e. The van der Waals surface area contributed by atoms with Crippen molar-refractivity contribution in [1.82, 2.24) is 9.13 Å². The number of carbonyl (C=O) groups excluding carboxylic acids is 1. The number of benzene rings is 6. The van der Waals surface area contributed by atoms with Gasteiger partial charge in [-0.25, -0.2) is 9.59 Å². The van der Waals surface area contributed by atoms with Crippen LogP contribution < -0.4 is 0 Å². The highest BCUT2D eigenvalue weighted by atomic mass is 16.5. The number of hydrogen-bond acceptors (Lipinski definition) is 3. The maximum atomic E-state index is 12.4. The topological polar surface area (TPSA) is 73.5 Å². The second-order valence-corrected chi connectivity index (χ2v) is 16.2. The van der Waals surface area contributed by atoms with E-state index in [4.69, 9.17) is 4.74 Å². The van der Waals surface area contributed by atoms with Crippen LogP contribution in [-0.2, 0) is 30.7 Å². The van der Waals surface area contributed by atoms with Gasteiger partial charge in [0.15, 0.2) is 0 Å². The van der Waals surface area contributed by atoms with Gasteiger partial charge in [0.25, 0.3) is 0 Å². The number of nitrogens with zero attached hydrogens (tertiary/aromatic N) is 2. The van der Waals surface area contributed by atoms with Gasteiger partial charge in [0.2, 0.25) is 0 Å². The first kappa shape index (κ1) is 37.9. The quantitative estimate of drug-likeness (QED) is 0.125. The summed E-state index contributed by atoms with van der Waals surface area (Å²) in [6, 6.07) is 50.6. The number of rotatable bonds is 12. The van der Waals surface area contributed by atoms with E-state index in [-0.39, 0.29) is 5.97 Å². The van der Waals surface area contributed by atoms with Crippen LogP contribution in [0.2, 0.25) is 0 Å². The molecule has 2 saturated carbocycles. The highest BCUT2D eigenvalue weighted by molar-refractivity contribution is 5.92. The lowest BCUT2D eigenvalue weighted by Crippen LogP contribution is -2.07. The van der Waals surface area contributed by atoms with Crippen LogP contribution in [0.4, 0.5) is 0 Å². The lowest BCUT2D eigenvalue weighted by molar-refractivity contribution is 0.0598. The van der Waals surface area contributed by atoms with E-state index >= 15 is 0 Å². The van der Waals surface area contributed by atoms with Gasteiger partial charge < -0.3 is 19.0 Å². The molecule has 10 rings (SSSR count). The molecule has 2 aromatic heterocycles. The summed E-state index contributed by atoms with van der Waals surface area (Å²) in [5.74, 6) is 0.0891. The first-order chi connectivity index (χ1) is 28.9. The van der Waals surface area contributed by atoms with E-state index in [2.05, 4.69) is 137 Å². The molecule has 6 aromatic carbocycles. The number of ether oxygens (including phenoxy) is 1. The minimum absolute atomic E-state index is 0.248. The first-order valence-electron chi connectivity index (χ1n) is 20.7. The molecule has 294 valence electrons. The zero-order chi connectivity index (χ0) is 40.3. The summed E-state index contributed by atoms with van der Waals surface area (Å²) in [6.07, 6.45) is 10.4. The molecule has 6 heteroatoms. The van der Waals surface area contributed by atoms with Crippen LogP contribution in [0, 0.1) is 0 Å². The summed E-state index contributed by atoms with van der Waals surface area (Å²) in [5.41, 5.74) is 12.8. The average Bonchev–Trinajstić information content (AvgIpc) is 4.21. The Morgan fingerprint density at radius 3 is 1.44 bits per heavy atom. The predicted octanol–water partition coefficient (Wildman–Crippen LogP) is 11.8. The largest absolute Gasteiger partial charge is 0.478 e. The van der Waals surface area contributed by atoms with Crippen LogP contribution in [0.3, 0.4) is 0 Å². The Balaban J connectivity index is 0.000000152. The summed E-state index contributed by atoms with van der Waals surface area (Å²) in [6.45, 7) is 1.70. The van der Waals surface area contributed by atoms with E-state index in [0.717, 1.165) is 36.2 Å². The molecule has 2 heterocycles. The van der Waals surface area contributed by atoms with Gasteiger partial charge >= 0.3 is 11.9 Å². The van der Waals surface area contributed by atoms with Crippen molar-refractivity contribution in [2.45, 2.75) is 63.5 Å². The number of aromatic carboxylic acids is 1. The van der Waals surface area contributed by atoms with E-state index in [9.17, 15) is 14.7 Å². The molecule has 8 aromatic rings. The minimum atomic E-state index is -0.836. The summed E-state index contributed by atoms with van der Waals surface area (Å²) in [5, 5.41) is 12.1. The zero-order valence-electron chi connectivity index (χ0n) is 33.4. The van der Waals surface area contributed by atoms with E-state index in [1.807, 2.05) is 30.3 Å². The lowest BCUT2D eigenvalue weighted by atomic mass is 9.96. The van der Waals surface area contributed by atoms with E-state index in [0.29, 0.717) is 29.4 Å². The summed E-state index contributed by atoms with van der Waals surface area (Å²) in [4.78, 5) is 24.2. The van der Waals surface area contributed by atoms with Gasteiger partial charge in [-0.15, -0.1) is 0 Å². The molecule has 2 fully saturated rings. The Labute approximate surface area is 345 Å². The van der Waals surface area contributed by atoms with Crippen molar-refractivity contribution in [3.63, 3.8) is 0 Å². The van der Waals surface area contributed by atoms with Crippen molar-refractivity contribution in [3.8, 4) is 0 Å². The van der Waals surface area contributed by atoms with Crippen LogP contribution in [-0.4, -0.2) is 33.3 Å². The molecular formula is C53H48N2O4. The molecule has 0 radical (unpaired) electrons. The van der Waals surface area contributed by atoms with Crippen molar-refractivity contribution < 1.29 is 19.4 Å². The van der Waals surface area contributed by atoms with Crippen LogP contribution >= 0.6 is 0 Å². The molecule has 0 unspecified atom stereocenters. The molecule has 2 aliphatic carbocycles. The third-order valence-electron chi connectivity index (χ3n) is 11.9. The Morgan fingerprint density at radius 2 is 1.00 bits per heavy atom. The van der Waals surface area contributed by atoms with E-state index < -0.39 is 5.97 Å². The fourth-order valence-electron chi connectivity index (χ4n) is 8.33. The third kappa shape index (κ3) is 8.78. The normalized spacial score (nSPS) is 13.6. The van der Waals surface area contributed by atoms with E-state index in [1.54, 1.807) is 0 Å². The molecule has 2 aliphatic rings. The molecule has 0 aliphatic heterocycles. The fraction of sp³-hybridized carbons (Fsp3) is 0.208. The highest BCUT2D eigenvalue weighted by Crippen LogP contribution is 2.41. The van der Waals surface area contributed by atoms with Gasteiger partial charge in [-0.2, -0.15) is 0 Å². The Hall–Kier alpha value is -6.66. The summed E-state index contributed by atoms with van der Waals surface area (Å²) < 4.78 is 9.59. The maximum Gasteiger partial charge on any atom is 0.338 e. The maximum absolute atomic E-state index is 12.4. The number of carboxylic acids is 1. The SMILES string of the molecule is COC(=O)c1cc(C2CC2)ccc1Cc1ccc2c(ccn2Cc2ccccc2)c1.O=C(O)c1cc(C2CC2)ccc1Cc1ccc2c(ccn2Cc2ccccc2)c1. The number of methoxy groups -OCH3 is 1. The standard InChI is InChI=1S/C27H25NO2.C26H23NO2/c1-30-27(29)25-17-22(21-8-9-21)10-11-23(25)15-20-7-12-26-24(16-20)13-14-28(26)18-19-5-3-2-4-6-19;28-26(29)24-16-21(20-7-8-20)9-10-22(24)14-19-6-11-25-23(15-19)12-13-27(25)17-18-4-2-1-3-5-18/h2-7,10-14,16-17,21H,8-9,15,18H2,1H3;1-6,9-13,15-16,20H,7-8,14,17H2,(H,28,29). The van der Waals surface area contributed by atoms with Crippen LogP contribution in [0.25, 0.3) is 21.8 Å². The van der Waals surface area contributed by atoms with E-state index in [1.165, 1.54) is 82.4 Å². The smallest absolute Gasteiger partial charge is 0.338 e. The highest BCUT2D eigenvalue weighted by Gasteiger charge is 2.26. The molecule has 6 nitrogen and oxygen atoms in total. The van der Waals surface area contributed by atoms with Crippen molar-refractivity contribution in [3.05, 3.63) is 214 Å². The number of esters is 1. The second-order valence-electron chi connectivity index (χ2n) is 16.2. The Morgan fingerprint density at radius 1 is 0.542 bits per heavy atom. The van der Waals surface area contributed by atoms with Gasteiger partial charge in [-0.1, -0.05) is 97.1 Å². The predicted molar refractivity (Wildman–Crippen MR) is 236 cm³/mol. The first-order valence-corrected chi connectivity index (χ1v) is 20.7. The number of carbonyl (C=O) groups is 2. The molecule has 0 amide bonds. The van der Waals surface area contributed by atoms with Gasteiger partial charge in [-0.3, -0.25) is 0 Å². The molecule has 0 saturated heterocycles. The zero-order valence-corrected chi connectivity index (χ0v) is 33.4. The Bertz CT molecular complexity index is 2770. The van der Waals surface area contributed by atoms with Gasteiger partial charge in [0, 0.05) is 36.5 Å². The molecule has 0 atom stereocenters. The second kappa shape index (κ2) is 16.7. The molecule has 0 spiro atoms. The number of aromatic nitrogens is 2. The molecule has 0 bridgehead atoms. The average molecular weight is 777 g/mol. The number of fused-ring (bicyclic) bond motifs is 2. The third-order valence-corrected chi connectivity index (χ3v) is 11.9. The van der Waals surface area contributed by atoms with Gasteiger partial charge in [0.1, 0.15) is 0 Å². The Kier molecular flexibility index (Phi) is 10.7. The van der Waals surface area contributed by atoms with Crippen molar-refractivity contribution in [2.24, 2.45) is 0 Å². The van der Waals surface area contributed by atoms with Crippen molar-refractivity contribution in [2.75, 3.05) is 7.11 Å². The lowest BCUT2D eigenvalue weighted by Gasteiger charge is -2.11. The van der Waals surface area contributed by atoms with Crippen LogP contribution in [0.5, 0.6) is 0 Å². The van der Waals surface area contributed by atoms with Crippen molar-refractivity contribution >= 4 is 33.7 Å². The van der Waals surface area contributed by atoms with Gasteiger partial charge in [0.05, 0.1) is 18.2 Å². The van der Waals surface area contributed by atoms with Crippen LogP contribution in [0.1, 0.15) is 103 Å². The molecule has 59 heavy (non-hydrogen) atoms. The summed E-state index contributed by atoms with van der Waals surface area (Å²) in [7, 11) is 1.46.